The molecule has 158 valence electrons. The minimum Gasteiger partial charge on any atom is -0.495 e. The summed E-state index contributed by atoms with van der Waals surface area (Å²) < 4.78 is 13.2. The Kier molecular flexibility index (Phi) is 4.82. The van der Waals surface area contributed by atoms with Gasteiger partial charge < -0.3 is 24.1 Å². The van der Waals surface area contributed by atoms with Crippen molar-refractivity contribution < 1.29 is 9.47 Å². The van der Waals surface area contributed by atoms with Gasteiger partial charge in [0.15, 0.2) is 11.5 Å². The first kappa shape index (κ1) is 19.2. The molecular weight excluding hydrogens is 392 g/mol. The van der Waals surface area contributed by atoms with Crippen LogP contribution in [0.25, 0.3) is 16.9 Å². The summed E-state index contributed by atoms with van der Waals surface area (Å²) in [6, 6.07) is 8.09. The van der Waals surface area contributed by atoms with Gasteiger partial charge in [-0.05, 0) is 31.0 Å². The number of nitrogens with one attached hydrogen (secondary N) is 1. The Labute approximate surface area is 180 Å². The number of aryl methyl sites for hydroxylation is 1. The van der Waals surface area contributed by atoms with Crippen LogP contribution in [-0.4, -0.2) is 47.2 Å². The molecule has 0 spiro atoms. The van der Waals surface area contributed by atoms with Gasteiger partial charge in [-0.15, -0.1) is 0 Å². The number of methoxy groups -OCH3 is 1. The second-order valence-electron chi connectivity index (χ2n) is 7.68. The van der Waals surface area contributed by atoms with E-state index in [0.29, 0.717) is 5.82 Å². The van der Waals surface area contributed by atoms with E-state index in [9.17, 15) is 0 Å². The van der Waals surface area contributed by atoms with Crippen molar-refractivity contribution in [3.63, 3.8) is 0 Å². The van der Waals surface area contributed by atoms with E-state index in [2.05, 4.69) is 21.4 Å². The maximum absolute atomic E-state index is 5.65. The number of hydrogen-bond donors (Lipinski definition) is 1. The molecule has 1 aliphatic rings. The van der Waals surface area contributed by atoms with Crippen LogP contribution in [0.4, 0.5) is 17.2 Å². The monoisotopic (exact) mass is 416 g/mol. The van der Waals surface area contributed by atoms with E-state index in [1.54, 1.807) is 13.3 Å². The van der Waals surface area contributed by atoms with E-state index in [1.165, 1.54) is 0 Å². The standard InChI is InChI=1S/C23H24N6O2/c1-28(2)19-7-6-17(12-20(19)30-3)26-21-22-24-8-9-29(22)14-18(27-21)16-11-15-5-4-10-31-23(15)25-13-16/h6-9,11-14H,4-5,10H2,1-3H3,(H,26,27). The summed E-state index contributed by atoms with van der Waals surface area (Å²) in [5, 5.41) is 3.41. The van der Waals surface area contributed by atoms with Crippen LogP contribution in [0.15, 0.2) is 49.1 Å². The van der Waals surface area contributed by atoms with Crippen LogP contribution >= 0.6 is 0 Å². The number of hydrogen-bond acceptors (Lipinski definition) is 7. The summed E-state index contributed by atoms with van der Waals surface area (Å²) in [5.41, 5.74) is 5.50. The molecule has 4 aromatic rings. The predicted molar refractivity (Wildman–Crippen MR) is 121 cm³/mol. The Morgan fingerprint density at radius 2 is 2.10 bits per heavy atom. The lowest BCUT2D eigenvalue weighted by Gasteiger charge is -2.18. The number of nitrogens with zero attached hydrogens (tertiary/aromatic N) is 5. The summed E-state index contributed by atoms with van der Waals surface area (Å²) >= 11 is 0. The topological polar surface area (TPSA) is 76.8 Å². The molecule has 0 amide bonds. The molecule has 3 aromatic heterocycles. The molecule has 0 bridgehead atoms. The highest BCUT2D eigenvalue weighted by molar-refractivity contribution is 5.76. The van der Waals surface area contributed by atoms with Crippen LogP contribution in [-0.2, 0) is 6.42 Å². The van der Waals surface area contributed by atoms with E-state index in [-0.39, 0.29) is 0 Å². The van der Waals surface area contributed by atoms with Crippen molar-refractivity contribution in [1.29, 1.82) is 0 Å². The van der Waals surface area contributed by atoms with Crippen LogP contribution in [0.2, 0.25) is 0 Å². The smallest absolute Gasteiger partial charge is 0.216 e. The van der Waals surface area contributed by atoms with Crippen molar-refractivity contribution >= 4 is 22.8 Å². The van der Waals surface area contributed by atoms with E-state index >= 15 is 0 Å². The fourth-order valence-corrected chi connectivity index (χ4v) is 3.79. The van der Waals surface area contributed by atoms with Gasteiger partial charge in [-0.2, -0.15) is 0 Å². The SMILES string of the molecule is COc1cc(Nc2nc(-c3cnc4c(c3)CCCO4)cn3ccnc23)ccc1N(C)C. The van der Waals surface area contributed by atoms with Gasteiger partial charge in [-0.3, -0.25) is 0 Å². The van der Waals surface area contributed by atoms with Gasteiger partial charge >= 0.3 is 0 Å². The molecule has 0 aliphatic carbocycles. The first-order valence-electron chi connectivity index (χ1n) is 10.2. The van der Waals surface area contributed by atoms with Crippen molar-refractivity contribution in [2.45, 2.75) is 12.8 Å². The number of anilines is 3. The second kappa shape index (κ2) is 7.79. The van der Waals surface area contributed by atoms with Crippen molar-refractivity contribution in [3.8, 4) is 22.9 Å². The van der Waals surface area contributed by atoms with Gasteiger partial charge in [0.1, 0.15) is 5.75 Å². The summed E-state index contributed by atoms with van der Waals surface area (Å²) in [7, 11) is 5.65. The number of imidazole rings is 1. The number of fused-ring (bicyclic) bond motifs is 2. The van der Waals surface area contributed by atoms with Crippen molar-refractivity contribution in [1.82, 2.24) is 19.4 Å². The van der Waals surface area contributed by atoms with Crippen molar-refractivity contribution in [2.75, 3.05) is 38.0 Å². The van der Waals surface area contributed by atoms with Crippen molar-refractivity contribution in [3.05, 3.63) is 54.6 Å². The molecule has 0 unspecified atom stereocenters. The Balaban J connectivity index is 1.55. The van der Waals surface area contributed by atoms with E-state index in [1.807, 2.05) is 60.2 Å². The molecule has 5 rings (SSSR count). The second-order valence-corrected chi connectivity index (χ2v) is 7.68. The van der Waals surface area contributed by atoms with Gasteiger partial charge in [0.25, 0.3) is 0 Å². The summed E-state index contributed by atoms with van der Waals surface area (Å²) in [4.78, 5) is 15.9. The zero-order chi connectivity index (χ0) is 21.4. The Morgan fingerprint density at radius 3 is 2.94 bits per heavy atom. The van der Waals surface area contributed by atoms with Crippen LogP contribution in [0.1, 0.15) is 12.0 Å². The highest BCUT2D eigenvalue weighted by Gasteiger charge is 2.16. The summed E-state index contributed by atoms with van der Waals surface area (Å²) in [6.07, 6.45) is 9.43. The molecule has 0 fully saturated rings. The number of pyridine rings is 1. The first-order chi connectivity index (χ1) is 15.1. The summed E-state index contributed by atoms with van der Waals surface area (Å²) in [5.74, 6) is 2.17. The molecule has 1 aliphatic heterocycles. The van der Waals surface area contributed by atoms with Gasteiger partial charge in [-0.1, -0.05) is 0 Å². The lowest BCUT2D eigenvalue weighted by atomic mass is 10.1. The van der Waals surface area contributed by atoms with E-state index < -0.39 is 0 Å². The Bertz CT molecular complexity index is 1250. The first-order valence-corrected chi connectivity index (χ1v) is 10.2. The van der Waals surface area contributed by atoms with E-state index in [4.69, 9.17) is 14.5 Å². The molecule has 0 saturated carbocycles. The molecular formula is C23H24N6O2. The fraction of sp³-hybridized carbons (Fsp3) is 0.261. The molecule has 4 heterocycles. The number of ether oxygens (including phenoxy) is 2. The maximum atomic E-state index is 5.65. The minimum absolute atomic E-state index is 0.663. The van der Waals surface area contributed by atoms with Gasteiger partial charge in [-0.25, -0.2) is 15.0 Å². The molecule has 0 atom stereocenters. The highest BCUT2D eigenvalue weighted by atomic mass is 16.5. The molecule has 0 radical (unpaired) electrons. The lowest BCUT2D eigenvalue weighted by Crippen LogP contribution is -2.10. The molecule has 1 aromatic carbocycles. The molecule has 1 N–H and O–H groups in total. The minimum atomic E-state index is 0.663. The van der Waals surface area contributed by atoms with Gasteiger partial charge in [0.2, 0.25) is 5.88 Å². The third-order valence-electron chi connectivity index (χ3n) is 5.35. The number of rotatable bonds is 5. The Morgan fingerprint density at radius 1 is 1.19 bits per heavy atom. The van der Waals surface area contributed by atoms with Gasteiger partial charge in [0.05, 0.1) is 25.1 Å². The Hall–Kier alpha value is -3.81. The lowest BCUT2D eigenvalue weighted by molar-refractivity contribution is 0.276. The third kappa shape index (κ3) is 3.61. The zero-order valence-electron chi connectivity index (χ0n) is 17.8. The highest BCUT2D eigenvalue weighted by Crippen LogP contribution is 2.33. The maximum Gasteiger partial charge on any atom is 0.216 e. The van der Waals surface area contributed by atoms with E-state index in [0.717, 1.165) is 64.9 Å². The normalized spacial score (nSPS) is 12.9. The largest absolute Gasteiger partial charge is 0.495 e. The number of benzene rings is 1. The zero-order valence-corrected chi connectivity index (χ0v) is 17.8. The predicted octanol–water partition coefficient (Wildman–Crippen LogP) is 3.93. The quantitative estimate of drug-likeness (QED) is 0.528. The molecule has 8 nitrogen and oxygen atoms in total. The van der Waals surface area contributed by atoms with Crippen LogP contribution in [0.3, 0.4) is 0 Å². The van der Waals surface area contributed by atoms with Crippen LogP contribution in [0, 0.1) is 0 Å². The van der Waals surface area contributed by atoms with Crippen LogP contribution in [0.5, 0.6) is 11.6 Å². The third-order valence-corrected chi connectivity index (χ3v) is 5.35. The number of aromatic nitrogens is 4. The molecule has 31 heavy (non-hydrogen) atoms. The average molecular weight is 416 g/mol. The average Bonchev–Trinajstić information content (AvgIpc) is 3.27. The molecule has 0 saturated heterocycles. The summed E-state index contributed by atoms with van der Waals surface area (Å²) in [6.45, 7) is 0.725. The molecule has 8 heteroatoms. The van der Waals surface area contributed by atoms with Crippen molar-refractivity contribution in [2.24, 2.45) is 0 Å². The van der Waals surface area contributed by atoms with Gasteiger partial charge in [0, 0.05) is 61.8 Å². The van der Waals surface area contributed by atoms with Crippen LogP contribution < -0.4 is 19.7 Å². The fourth-order valence-electron chi connectivity index (χ4n) is 3.79.